The molecular weight excluding hydrogens is 501 g/mol. The van der Waals surface area contributed by atoms with Crippen LogP contribution in [0, 0.1) is 6.92 Å². The quantitative estimate of drug-likeness (QED) is 0.264. The maximum Gasteiger partial charge on any atom is 0.416 e. The average molecular weight is 527 g/mol. The van der Waals surface area contributed by atoms with E-state index in [4.69, 9.17) is 14.2 Å². The summed E-state index contributed by atoms with van der Waals surface area (Å²) in [5.41, 5.74) is 1.68. The average Bonchev–Trinajstić information content (AvgIpc) is 3.40. The van der Waals surface area contributed by atoms with Crippen LogP contribution >= 0.6 is 0 Å². The smallest absolute Gasteiger partial charge is 0.416 e. The zero-order valence-electron chi connectivity index (χ0n) is 20.8. The van der Waals surface area contributed by atoms with Crippen molar-refractivity contribution in [2.24, 2.45) is 0 Å². The first-order valence-electron chi connectivity index (χ1n) is 11.5. The fourth-order valence-corrected chi connectivity index (χ4v) is 3.70. The second kappa shape index (κ2) is 11.3. The molecule has 10 heteroatoms. The number of methoxy groups -OCH3 is 2. The van der Waals surface area contributed by atoms with Gasteiger partial charge < -0.3 is 23.9 Å². The molecule has 0 aliphatic heterocycles. The Morgan fingerprint density at radius 2 is 1.66 bits per heavy atom. The van der Waals surface area contributed by atoms with Crippen LogP contribution in [0.5, 0.6) is 17.2 Å². The fraction of sp³-hybridized carbons (Fsp3) is 0.214. The van der Waals surface area contributed by atoms with Gasteiger partial charge in [-0.1, -0.05) is 12.1 Å². The van der Waals surface area contributed by atoms with Gasteiger partial charge in [0.2, 0.25) is 0 Å². The molecule has 1 atom stereocenters. The van der Waals surface area contributed by atoms with Crippen molar-refractivity contribution in [1.29, 1.82) is 0 Å². The normalized spacial score (nSPS) is 12.1. The minimum Gasteiger partial charge on any atom is -0.497 e. The molecule has 0 amide bonds. The number of nitrogens with one attached hydrogen (secondary N) is 1. The van der Waals surface area contributed by atoms with E-state index in [0.717, 1.165) is 17.7 Å². The lowest BCUT2D eigenvalue weighted by Gasteiger charge is -2.19. The van der Waals surface area contributed by atoms with Crippen molar-refractivity contribution in [1.82, 2.24) is 9.97 Å². The van der Waals surface area contributed by atoms with E-state index in [1.54, 1.807) is 50.6 Å². The molecule has 1 aromatic heterocycles. The highest BCUT2D eigenvalue weighted by Gasteiger charge is 2.31. The van der Waals surface area contributed by atoms with Crippen LogP contribution in [-0.4, -0.2) is 36.8 Å². The molecule has 38 heavy (non-hydrogen) atoms. The number of aromatic amines is 1. The van der Waals surface area contributed by atoms with Crippen molar-refractivity contribution in [3.05, 3.63) is 95.3 Å². The first-order chi connectivity index (χ1) is 18.2. The van der Waals surface area contributed by atoms with Gasteiger partial charge in [-0.25, -0.2) is 9.78 Å². The Hall–Kier alpha value is -4.47. The monoisotopic (exact) mass is 526 g/mol. The standard InChI is InChI=1S/C28H25F3N2O5/c1-17-14-22(12-13-24(17)37-16-25(34)36-3)38-26(18-4-8-20(9-5-18)28(29,30)31)23-15-32-27(33-23)19-6-10-21(35-2)11-7-19/h4-15,26H,16H2,1-3H3,(H,32,33). The molecule has 1 N–H and O–H groups in total. The van der Waals surface area contributed by atoms with Gasteiger partial charge in [0, 0.05) is 11.8 Å². The summed E-state index contributed by atoms with van der Waals surface area (Å²) in [6.07, 6.45) is -3.62. The van der Waals surface area contributed by atoms with Gasteiger partial charge in [-0.15, -0.1) is 0 Å². The number of hydrogen-bond acceptors (Lipinski definition) is 6. The molecule has 0 fully saturated rings. The Morgan fingerprint density at radius 3 is 2.26 bits per heavy atom. The molecule has 0 aliphatic rings. The lowest BCUT2D eigenvalue weighted by Crippen LogP contribution is -2.13. The number of aromatic nitrogens is 2. The Labute approximate surface area is 217 Å². The van der Waals surface area contributed by atoms with E-state index >= 15 is 0 Å². The van der Waals surface area contributed by atoms with Gasteiger partial charge in [-0.3, -0.25) is 0 Å². The number of imidazole rings is 1. The number of hydrogen-bond donors (Lipinski definition) is 1. The van der Waals surface area contributed by atoms with E-state index in [2.05, 4.69) is 14.7 Å². The number of nitrogens with zero attached hydrogens (tertiary/aromatic N) is 1. The largest absolute Gasteiger partial charge is 0.497 e. The summed E-state index contributed by atoms with van der Waals surface area (Å²) in [7, 11) is 2.84. The van der Waals surface area contributed by atoms with Crippen molar-refractivity contribution in [2.75, 3.05) is 20.8 Å². The van der Waals surface area contributed by atoms with Crippen LogP contribution in [0.1, 0.15) is 28.5 Å². The van der Waals surface area contributed by atoms with Crippen molar-refractivity contribution < 1.29 is 36.9 Å². The molecule has 1 heterocycles. The molecule has 0 spiro atoms. The third-order valence-corrected chi connectivity index (χ3v) is 5.74. The predicted molar refractivity (Wildman–Crippen MR) is 133 cm³/mol. The molecule has 0 bridgehead atoms. The number of ether oxygens (including phenoxy) is 4. The summed E-state index contributed by atoms with van der Waals surface area (Å²) in [4.78, 5) is 19.2. The predicted octanol–water partition coefficient (Wildman–Crippen LogP) is 6.13. The van der Waals surface area contributed by atoms with Gasteiger partial charge in [-0.05, 0) is 72.6 Å². The van der Waals surface area contributed by atoms with Gasteiger partial charge in [0.15, 0.2) is 12.7 Å². The molecular formula is C28H25F3N2O5. The third kappa shape index (κ3) is 6.26. The molecule has 0 saturated heterocycles. The van der Waals surface area contributed by atoms with Gasteiger partial charge in [-0.2, -0.15) is 13.2 Å². The number of aryl methyl sites for hydroxylation is 1. The summed E-state index contributed by atoms with van der Waals surface area (Å²) < 4.78 is 61.0. The zero-order chi connectivity index (χ0) is 27.3. The molecule has 4 aromatic rings. The highest BCUT2D eigenvalue weighted by molar-refractivity contribution is 5.71. The highest BCUT2D eigenvalue weighted by atomic mass is 19.4. The Balaban J connectivity index is 1.64. The molecule has 1 unspecified atom stereocenters. The summed E-state index contributed by atoms with van der Waals surface area (Å²) in [5, 5.41) is 0. The van der Waals surface area contributed by atoms with E-state index in [1.807, 2.05) is 12.1 Å². The minimum atomic E-state index is -4.46. The van der Waals surface area contributed by atoms with E-state index in [9.17, 15) is 18.0 Å². The minimum absolute atomic E-state index is 0.243. The van der Waals surface area contributed by atoms with Crippen LogP contribution in [0.4, 0.5) is 13.2 Å². The van der Waals surface area contributed by atoms with Crippen molar-refractivity contribution in [3.8, 4) is 28.6 Å². The molecule has 0 radical (unpaired) electrons. The number of benzene rings is 3. The SMILES string of the molecule is COC(=O)COc1ccc(OC(c2ccc(C(F)(F)F)cc2)c2c[nH]c(-c3ccc(OC)cc3)n2)cc1C. The lowest BCUT2D eigenvalue weighted by molar-refractivity contribution is -0.143. The van der Waals surface area contributed by atoms with Crippen LogP contribution in [-0.2, 0) is 15.7 Å². The summed E-state index contributed by atoms with van der Waals surface area (Å²) >= 11 is 0. The molecule has 4 rings (SSSR count). The number of halogens is 3. The van der Waals surface area contributed by atoms with Gasteiger partial charge in [0.1, 0.15) is 28.8 Å². The third-order valence-electron chi connectivity index (χ3n) is 5.74. The topological polar surface area (TPSA) is 82.7 Å². The van der Waals surface area contributed by atoms with E-state index in [-0.39, 0.29) is 6.61 Å². The zero-order valence-corrected chi connectivity index (χ0v) is 20.8. The van der Waals surface area contributed by atoms with E-state index in [0.29, 0.717) is 39.9 Å². The Kier molecular flexibility index (Phi) is 7.90. The van der Waals surface area contributed by atoms with Crippen molar-refractivity contribution in [2.45, 2.75) is 19.2 Å². The summed E-state index contributed by atoms with van der Waals surface area (Å²) in [6.45, 7) is 1.54. The van der Waals surface area contributed by atoms with Gasteiger partial charge in [0.25, 0.3) is 0 Å². The molecule has 3 aromatic carbocycles. The number of rotatable bonds is 9. The second-order valence-electron chi connectivity index (χ2n) is 8.31. The van der Waals surface area contributed by atoms with E-state index < -0.39 is 23.8 Å². The molecule has 0 saturated carbocycles. The summed E-state index contributed by atoms with van der Waals surface area (Å²) in [5.74, 6) is 1.65. The van der Waals surface area contributed by atoms with Crippen molar-refractivity contribution in [3.63, 3.8) is 0 Å². The fourth-order valence-electron chi connectivity index (χ4n) is 3.70. The second-order valence-corrected chi connectivity index (χ2v) is 8.31. The Morgan fingerprint density at radius 1 is 0.974 bits per heavy atom. The lowest BCUT2D eigenvalue weighted by atomic mass is 10.0. The number of esters is 1. The maximum absolute atomic E-state index is 13.2. The highest BCUT2D eigenvalue weighted by Crippen LogP contribution is 2.34. The van der Waals surface area contributed by atoms with Crippen LogP contribution in [0.2, 0.25) is 0 Å². The van der Waals surface area contributed by atoms with Crippen LogP contribution < -0.4 is 14.2 Å². The first-order valence-corrected chi connectivity index (χ1v) is 11.5. The molecule has 7 nitrogen and oxygen atoms in total. The van der Waals surface area contributed by atoms with Gasteiger partial charge >= 0.3 is 12.1 Å². The van der Waals surface area contributed by atoms with E-state index in [1.165, 1.54) is 19.2 Å². The van der Waals surface area contributed by atoms with Crippen molar-refractivity contribution >= 4 is 5.97 Å². The Bertz CT molecular complexity index is 1380. The van der Waals surface area contributed by atoms with Gasteiger partial charge in [0.05, 0.1) is 19.8 Å². The number of carbonyl (C=O) groups is 1. The van der Waals surface area contributed by atoms with Crippen LogP contribution in [0.25, 0.3) is 11.4 Å². The number of alkyl halides is 3. The molecule has 198 valence electrons. The first kappa shape index (κ1) is 26.6. The maximum atomic E-state index is 13.2. The number of H-pyrrole nitrogens is 1. The van der Waals surface area contributed by atoms with Crippen LogP contribution in [0.3, 0.4) is 0 Å². The van der Waals surface area contributed by atoms with Crippen LogP contribution in [0.15, 0.2) is 72.9 Å². The summed E-state index contributed by atoms with van der Waals surface area (Å²) in [6, 6.07) is 17.0. The number of carbonyl (C=O) groups excluding carboxylic acids is 1. The molecule has 0 aliphatic carbocycles.